The Morgan fingerprint density at radius 3 is 2.68 bits per heavy atom. The molecule has 0 saturated heterocycles. The van der Waals surface area contributed by atoms with E-state index in [2.05, 4.69) is 20.8 Å². The van der Waals surface area contributed by atoms with E-state index in [1.165, 1.54) is 11.6 Å². The van der Waals surface area contributed by atoms with E-state index in [1.807, 2.05) is 12.2 Å². The molecule has 3 heteroatoms. The van der Waals surface area contributed by atoms with Crippen molar-refractivity contribution >= 4 is 0 Å². The Hall–Kier alpha value is -1.61. The molecule has 2 rings (SSSR count). The lowest BCUT2D eigenvalue weighted by atomic mass is 9.68. The molecule has 0 radical (unpaired) electrons. The van der Waals surface area contributed by atoms with Crippen molar-refractivity contribution in [2.24, 2.45) is 5.92 Å². The number of hydrogen-bond donors (Lipinski definition) is 1. The van der Waals surface area contributed by atoms with E-state index in [1.54, 1.807) is 19.2 Å². The predicted molar refractivity (Wildman–Crippen MR) is 87.6 cm³/mol. The van der Waals surface area contributed by atoms with E-state index in [4.69, 9.17) is 4.74 Å². The highest BCUT2D eigenvalue weighted by Crippen LogP contribution is 2.44. The number of hydrogen-bond acceptors (Lipinski definition) is 2. The molecule has 0 aromatic heterocycles. The number of halogens is 1. The maximum atomic E-state index is 14.5. The molecular weight excluding hydrogens is 279 g/mol. The number of benzene rings is 1. The standard InChI is InChI=1S/C19H25FO2/c1-13(2)9-15-10-14(12-21)7-8-19(15,3)17-11-16(22-4)5-6-18(17)20/h5-7,10-11,13,21H,8-9,12H2,1-4H3. The van der Waals surface area contributed by atoms with Gasteiger partial charge in [-0.25, -0.2) is 4.39 Å². The number of ether oxygens (including phenoxy) is 1. The van der Waals surface area contributed by atoms with Crippen molar-refractivity contribution in [3.05, 3.63) is 52.9 Å². The SMILES string of the molecule is COc1ccc(F)c(C2(C)CC=C(CO)C=C2CC(C)C)c1. The third kappa shape index (κ3) is 3.25. The molecule has 22 heavy (non-hydrogen) atoms. The van der Waals surface area contributed by atoms with Crippen LogP contribution < -0.4 is 4.74 Å². The highest BCUT2D eigenvalue weighted by Gasteiger charge is 2.35. The second kappa shape index (κ2) is 6.66. The Morgan fingerprint density at radius 2 is 2.09 bits per heavy atom. The third-order valence-electron chi connectivity index (χ3n) is 4.42. The summed E-state index contributed by atoms with van der Waals surface area (Å²) in [6.45, 7) is 6.41. The molecule has 120 valence electrons. The van der Waals surface area contributed by atoms with Gasteiger partial charge in [-0.05, 0) is 42.5 Å². The lowest BCUT2D eigenvalue weighted by Crippen LogP contribution is -2.29. The lowest BCUT2D eigenvalue weighted by molar-refractivity contribution is 0.331. The van der Waals surface area contributed by atoms with Gasteiger partial charge >= 0.3 is 0 Å². The molecule has 1 unspecified atom stereocenters. The minimum atomic E-state index is -0.401. The van der Waals surface area contributed by atoms with E-state index in [9.17, 15) is 9.50 Å². The van der Waals surface area contributed by atoms with Gasteiger partial charge in [0.1, 0.15) is 11.6 Å². The molecule has 1 aromatic carbocycles. The van der Waals surface area contributed by atoms with Crippen LogP contribution in [-0.4, -0.2) is 18.8 Å². The first kappa shape index (κ1) is 16.8. The van der Waals surface area contributed by atoms with Crippen LogP contribution >= 0.6 is 0 Å². The fraction of sp³-hybridized carbons (Fsp3) is 0.474. The molecule has 0 bridgehead atoms. The Bertz CT molecular complexity index is 601. The van der Waals surface area contributed by atoms with E-state index in [-0.39, 0.29) is 12.4 Å². The molecule has 1 aromatic rings. The molecule has 0 fully saturated rings. The Labute approximate surface area is 132 Å². The van der Waals surface area contributed by atoms with E-state index in [0.29, 0.717) is 23.7 Å². The first-order valence-electron chi connectivity index (χ1n) is 7.75. The lowest BCUT2D eigenvalue weighted by Gasteiger charge is -2.36. The molecular formula is C19H25FO2. The smallest absolute Gasteiger partial charge is 0.127 e. The molecule has 0 heterocycles. The fourth-order valence-electron chi connectivity index (χ4n) is 3.08. The van der Waals surface area contributed by atoms with Crippen LogP contribution in [0.3, 0.4) is 0 Å². The van der Waals surface area contributed by atoms with Crippen LogP contribution in [0.5, 0.6) is 5.75 Å². The largest absolute Gasteiger partial charge is 0.497 e. The van der Waals surface area contributed by atoms with E-state index < -0.39 is 5.41 Å². The van der Waals surface area contributed by atoms with Crippen LogP contribution in [0.4, 0.5) is 4.39 Å². The molecule has 1 atom stereocenters. The summed E-state index contributed by atoms with van der Waals surface area (Å²) in [5, 5.41) is 9.41. The minimum absolute atomic E-state index is 0.0261. The summed E-state index contributed by atoms with van der Waals surface area (Å²) in [6.07, 6.45) is 5.60. The zero-order valence-corrected chi connectivity index (χ0v) is 13.8. The monoisotopic (exact) mass is 304 g/mol. The normalized spacial score (nSPS) is 21.6. The van der Waals surface area contributed by atoms with Crippen LogP contribution in [0.2, 0.25) is 0 Å². The number of aliphatic hydroxyl groups excluding tert-OH is 1. The van der Waals surface area contributed by atoms with Crippen molar-refractivity contribution in [1.29, 1.82) is 0 Å². The van der Waals surface area contributed by atoms with Gasteiger partial charge < -0.3 is 9.84 Å². The summed E-state index contributed by atoms with van der Waals surface area (Å²) >= 11 is 0. The summed E-state index contributed by atoms with van der Waals surface area (Å²) < 4.78 is 19.7. The summed E-state index contributed by atoms with van der Waals surface area (Å²) in [5.41, 5.74) is 2.34. The van der Waals surface area contributed by atoms with E-state index >= 15 is 0 Å². The van der Waals surface area contributed by atoms with Crippen LogP contribution in [0.25, 0.3) is 0 Å². The van der Waals surface area contributed by atoms with Crippen molar-refractivity contribution in [2.45, 2.75) is 39.0 Å². The molecule has 1 aliphatic rings. The molecule has 0 aliphatic heterocycles. The van der Waals surface area contributed by atoms with Gasteiger partial charge in [0.05, 0.1) is 13.7 Å². The van der Waals surface area contributed by atoms with Crippen LogP contribution in [0.15, 0.2) is 41.5 Å². The van der Waals surface area contributed by atoms with Gasteiger partial charge in [0, 0.05) is 11.0 Å². The van der Waals surface area contributed by atoms with E-state index in [0.717, 1.165) is 12.0 Å². The Balaban J connectivity index is 2.51. The summed E-state index contributed by atoms with van der Waals surface area (Å²) in [5.74, 6) is 0.926. The maximum absolute atomic E-state index is 14.5. The minimum Gasteiger partial charge on any atom is -0.497 e. The predicted octanol–water partition coefficient (Wildman–Crippen LogP) is 4.39. The van der Waals surface area contributed by atoms with Gasteiger partial charge in [-0.15, -0.1) is 0 Å². The number of aliphatic hydroxyl groups is 1. The maximum Gasteiger partial charge on any atom is 0.127 e. The first-order valence-corrected chi connectivity index (χ1v) is 7.75. The van der Waals surface area contributed by atoms with Crippen molar-refractivity contribution in [1.82, 2.24) is 0 Å². The quantitative estimate of drug-likeness (QED) is 0.874. The van der Waals surface area contributed by atoms with Crippen LogP contribution in [-0.2, 0) is 5.41 Å². The first-order chi connectivity index (χ1) is 10.4. The van der Waals surface area contributed by atoms with Gasteiger partial charge in [-0.3, -0.25) is 0 Å². The Morgan fingerprint density at radius 1 is 1.36 bits per heavy atom. The zero-order chi connectivity index (χ0) is 16.3. The summed E-state index contributed by atoms with van der Waals surface area (Å²) in [4.78, 5) is 0. The van der Waals surface area contributed by atoms with Gasteiger partial charge in [-0.2, -0.15) is 0 Å². The fourth-order valence-corrected chi connectivity index (χ4v) is 3.08. The average Bonchev–Trinajstić information content (AvgIpc) is 2.49. The van der Waals surface area contributed by atoms with Crippen LogP contribution in [0.1, 0.15) is 39.2 Å². The highest BCUT2D eigenvalue weighted by atomic mass is 19.1. The summed E-state index contributed by atoms with van der Waals surface area (Å²) in [7, 11) is 1.59. The van der Waals surface area contributed by atoms with Crippen molar-refractivity contribution < 1.29 is 14.2 Å². The summed E-state index contributed by atoms with van der Waals surface area (Å²) in [6, 6.07) is 4.91. The molecule has 1 aliphatic carbocycles. The van der Waals surface area contributed by atoms with Gasteiger partial charge in [0.15, 0.2) is 0 Å². The topological polar surface area (TPSA) is 29.5 Å². The number of rotatable bonds is 5. The number of allylic oxidation sites excluding steroid dienone is 2. The molecule has 0 saturated carbocycles. The Kier molecular flexibility index (Phi) is 5.07. The van der Waals surface area contributed by atoms with Gasteiger partial charge in [-0.1, -0.05) is 38.5 Å². The second-order valence-corrected chi connectivity index (χ2v) is 6.59. The second-order valence-electron chi connectivity index (χ2n) is 6.59. The average molecular weight is 304 g/mol. The molecule has 0 spiro atoms. The number of methoxy groups -OCH3 is 1. The molecule has 1 N–H and O–H groups in total. The third-order valence-corrected chi connectivity index (χ3v) is 4.42. The van der Waals surface area contributed by atoms with Crippen molar-refractivity contribution in [3.8, 4) is 5.75 Å². The van der Waals surface area contributed by atoms with Gasteiger partial charge in [0.2, 0.25) is 0 Å². The van der Waals surface area contributed by atoms with Gasteiger partial charge in [0.25, 0.3) is 0 Å². The van der Waals surface area contributed by atoms with Crippen molar-refractivity contribution in [3.63, 3.8) is 0 Å². The molecule has 2 nitrogen and oxygen atoms in total. The van der Waals surface area contributed by atoms with Crippen molar-refractivity contribution in [2.75, 3.05) is 13.7 Å². The molecule has 0 amide bonds. The zero-order valence-electron chi connectivity index (χ0n) is 13.8. The van der Waals surface area contributed by atoms with Crippen LogP contribution in [0, 0.1) is 11.7 Å². The highest BCUT2D eigenvalue weighted by molar-refractivity contribution is 5.46.